The van der Waals surface area contributed by atoms with Gasteiger partial charge in [0.15, 0.2) is 5.13 Å². The number of carbonyl (C=O) groups is 1. The van der Waals surface area contributed by atoms with E-state index >= 15 is 0 Å². The molecule has 0 spiro atoms. The SMILES string of the molecule is CSc1ccc(-c2csc(NC(=O)c3cc(F)cc(F)c3)n2)cc1. The second kappa shape index (κ2) is 7.11. The summed E-state index contributed by atoms with van der Waals surface area (Å²) in [5.41, 5.74) is 1.57. The Morgan fingerprint density at radius 1 is 1.12 bits per heavy atom. The van der Waals surface area contributed by atoms with Crippen LogP contribution in [0.3, 0.4) is 0 Å². The van der Waals surface area contributed by atoms with Crippen LogP contribution in [0.1, 0.15) is 10.4 Å². The van der Waals surface area contributed by atoms with Crippen LogP contribution in [-0.2, 0) is 0 Å². The lowest BCUT2D eigenvalue weighted by Gasteiger charge is -2.02. The third-order valence-corrected chi connectivity index (χ3v) is 4.74. The Labute approximate surface area is 145 Å². The lowest BCUT2D eigenvalue weighted by Crippen LogP contribution is -2.12. The molecule has 0 aliphatic rings. The number of amides is 1. The Morgan fingerprint density at radius 2 is 1.79 bits per heavy atom. The van der Waals surface area contributed by atoms with Crippen molar-refractivity contribution in [1.82, 2.24) is 4.98 Å². The summed E-state index contributed by atoms with van der Waals surface area (Å²) in [4.78, 5) is 17.6. The molecule has 0 bridgehead atoms. The van der Waals surface area contributed by atoms with E-state index in [0.717, 1.165) is 34.4 Å². The molecule has 0 radical (unpaired) electrons. The number of aromatic nitrogens is 1. The van der Waals surface area contributed by atoms with Crippen molar-refractivity contribution in [1.29, 1.82) is 0 Å². The van der Waals surface area contributed by atoms with Gasteiger partial charge in [-0.15, -0.1) is 23.1 Å². The predicted octanol–water partition coefficient (Wildman–Crippen LogP) is 5.06. The Hall–Kier alpha value is -2.25. The second-order valence-corrected chi connectivity index (χ2v) is 6.62. The highest BCUT2D eigenvalue weighted by Crippen LogP contribution is 2.27. The van der Waals surface area contributed by atoms with Crippen LogP contribution in [0.25, 0.3) is 11.3 Å². The third kappa shape index (κ3) is 3.80. The first-order valence-corrected chi connectivity index (χ1v) is 9.03. The van der Waals surface area contributed by atoms with E-state index in [1.54, 1.807) is 11.8 Å². The van der Waals surface area contributed by atoms with Crippen LogP contribution in [0.5, 0.6) is 0 Å². The van der Waals surface area contributed by atoms with Crippen molar-refractivity contribution in [3.05, 3.63) is 65.0 Å². The van der Waals surface area contributed by atoms with Gasteiger partial charge in [0.1, 0.15) is 11.6 Å². The summed E-state index contributed by atoms with van der Waals surface area (Å²) in [5.74, 6) is -2.20. The zero-order valence-corrected chi connectivity index (χ0v) is 14.2. The monoisotopic (exact) mass is 362 g/mol. The molecule has 0 unspecified atom stereocenters. The summed E-state index contributed by atoms with van der Waals surface area (Å²) in [6, 6.07) is 10.6. The Kier molecular flexibility index (Phi) is 4.92. The van der Waals surface area contributed by atoms with Crippen LogP contribution in [0.15, 0.2) is 52.7 Å². The van der Waals surface area contributed by atoms with Gasteiger partial charge in [-0.2, -0.15) is 0 Å². The average molecular weight is 362 g/mol. The molecule has 1 aromatic heterocycles. The zero-order chi connectivity index (χ0) is 17.1. The number of benzene rings is 2. The van der Waals surface area contributed by atoms with E-state index < -0.39 is 17.5 Å². The molecule has 7 heteroatoms. The maximum absolute atomic E-state index is 13.2. The molecule has 0 saturated heterocycles. The summed E-state index contributed by atoms with van der Waals surface area (Å²) in [6.45, 7) is 0. The second-order valence-electron chi connectivity index (χ2n) is 4.88. The van der Waals surface area contributed by atoms with Gasteiger partial charge in [0.05, 0.1) is 5.69 Å². The van der Waals surface area contributed by atoms with Crippen LogP contribution in [0.2, 0.25) is 0 Å². The van der Waals surface area contributed by atoms with Crippen molar-refractivity contribution >= 4 is 34.1 Å². The van der Waals surface area contributed by atoms with Crippen LogP contribution in [0, 0.1) is 11.6 Å². The Bertz CT molecular complexity index is 858. The van der Waals surface area contributed by atoms with Crippen molar-refractivity contribution < 1.29 is 13.6 Å². The lowest BCUT2D eigenvalue weighted by molar-refractivity contribution is 0.102. The van der Waals surface area contributed by atoms with Crippen molar-refractivity contribution in [3.63, 3.8) is 0 Å². The van der Waals surface area contributed by atoms with E-state index in [4.69, 9.17) is 0 Å². The van der Waals surface area contributed by atoms with Crippen molar-refractivity contribution in [2.75, 3.05) is 11.6 Å². The quantitative estimate of drug-likeness (QED) is 0.660. The molecule has 122 valence electrons. The molecule has 3 rings (SSSR count). The van der Waals surface area contributed by atoms with E-state index in [-0.39, 0.29) is 5.56 Å². The van der Waals surface area contributed by atoms with Crippen LogP contribution in [-0.4, -0.2) is 17.1 Å². The first-order chi connectivity index (χ1) is 11.5. The fourth-order valence-corrected chi connectivity index (χ4v) is 3.20. The molecule has 2 aromatic carbocycles. The summed E-state index contributed by atoms with van der Waals surface area (Å²) in [5, 5.41) is 4.74. The van der Waals surface area contributed by atoms with Crippen LogP contribution >= 0.6 is 23.1 Å². The number of rotatable bonds is 4. The van der Waals surface area contributed by atoms with Crippen molar-refractivity contribution in [3.8, 4) is 11.3 Å². The highest BCUT2D eigenvalue weighted by Gasteiger charge is 2.12. The van der Waals surface area contributed by atoms with Crippen molar-refractivity contribution in [2.45, 2.75) is 4.90 Å². The number of nitrogens with one attached hydrogen (secondary N) is 1. The molecule has 0 fully saturated rings. The van der Waals surface area contributed by atoms with E-state index in [9.17, 15) is 13.6 Å². The van der Waals surface area contributed by atoms with Gasteiger partial charge in [0.2, 0.25) is 0 Å². The summed E-state index contributed by atoms with van der Waals surface area (Å²) >= 11 is 2.90. The van der Waals surface area contributed by atoms with E-state index in [0.29, 0.717) is 5.13 Å². The molecule has 3 aromatic rings. The first-order valence-electron chi connectivity index (χ1n) is 6.92. The van der Waals surface area contributed by atoms with Gasteiger partial charge >= 0.3 is 0 Å². The number of halogens is 2. The molecule has 1 amide bonds. The minimum absolute atomic E-state index is 0.0893. The van der Waals surface area contributed by atoms with Gasteiger partial charge in [0, 0.05) is 27.5 Å². The summed E-state index contributed by atoms with van der Waals surface area (Å²) in [6.07, 6.45) is 2.00. The molecule has 24 heavy (non-hydrogen) atoms. The van der Waals surface area contributed by atoms with Gasteiger partial charge in [-0.3, -0.25) is 10.1 Å². The standard InChI is InChI=1S/C17H12F2N2OS2/c1-23-14-4-2-10(3-5-14)15-9-24-17(20-15)21-16(22)11-6-12(18)8-13(19)7-11/h2-9H,1H3,(H,20,21,22). The van der Waals surface area contributed by atoms with E-state index in [2.05, 4.69) is 10.3 Å². The number of hydrogen-bond donors (Lipinski definition) is 1. The van der Waals surface area contributed by atoms with Gasteiger partial charge < -0.3 is 0 Å². The Morgan fingerprint density at radius 3 is 2.42 bits per heavy atom. The number of nitrogens with zero attached hydrogens (tertiary/aromatic N) is 1. The molecule has 0 aliphatic carbocycles. The van der Waals surface area contributed by atoms with Crippen molar-refractivity contribution in [2.24, 2.45) is 0 Å². The number of thiazole rings is 1. The summed E-state index contributed by atoms with van der Waals surface area (Å²) < 4.78 is 26.4. The van der Waals surface area contributed by atoms with Gasteiger partial charge in [-0.1, -0.05) is 12.1 Å². The summed E-state index contributed by atoms with van der Waals surface area (Å²) in [7, 11) is 0. The van der Waals surface area contributed by atoms with Crippen LogP contribution in [0.4, 0.5) is 13.9 Å². The maximum atomic E-state index is 13.2. The topological polar surface area (TPSA) is 42.0 Å². The van der Waals surface area contributed by atoms with Gasteiger partial charge in [-0.05, 0) is 30.5 Å². The highest BCUT2D eigenvalue weighted by atomic mass is 32.2. The number of thioether (sulfide) groups is 1. The predicted molar refractivity (Wildman–Crippen MR) is 93.6 cm³/mol. The largest absolute Gasteiger partial charge is 0.298 e. The maximum Gasteiger partial charge on any atom is 0.257 e. The molecule has 0 saturated carbocycles. The lowest BCUT2D eigenvalue weighted by atomic mass is 10.2. The van der Waals surface area contributed by atoms with E-state index in [1.165, 1.54) is 11.3 Å². The van der Waals surface area contributed by atoms with Gasteiger partial charge in [-0.25, -0.2) is 13.8 Å². The van der Waals surface area contributed by atoms with Gasteiger partial charge in [0.25, 0.3) is 5.91 Å². The molecular weight excluding hydrogens is 350 g/mol. The first kappa shape index (κ1) is 16.6. The fraction of sp³-hybridized carbons (Fsp3) is 0.0588. The highest BCUT2D eigenvalue weighted by molar-refractivity contribution is 7.98. The number of carbonyl (C=O) groups excluding carboxylic acids is 1. The molecule has 0 atom stereocenters. The average Bonchev–Trinajstić information content (AvgIpc) is 3.02. The number of hydrogen-bond acceptors (Lipinski definition) is 4. The molecule has 0 aliphatic heterocycles. The minimum Gasteiger partial charge on any atom is -0.298 e. The normalized spacial score (nSPS) is 10.6. The smallest absolute Gasteiger partial charge is 0.257 e. The molecule has 1 N–H and O–H groups in total. The molecular formula is C17H12F2N2OS2. The molecule has 1 heterocycles. The Balaban J connectivity index is 1.76. The number of anilines is 1. The third-order valence-electron chi connectivity index (χ3n) is 3.24. The molecule has 3 nitrogen and oxygen atoms in total. The zero-order valence-electron chi connectivity index (χ0n) is 12.5. The van der Waals surface area contributed by atoms with Crippen LogP contribution < -0.4 is 5.32 Å². The van der Waals surface area contributed by atoms with E-state index in [1.807, 2.05) is 35.9 Å². The fourth-order valence-electron chi connectivity index (χ4n) is 2.08. The minimum atomic E-state index is -0.797.